The Kier molecular flexibility index (Phi) is 2.43. The molecule has 68 valence electrons. The third kappa shape index (κ3) is 1.52. The topological polar surface area (TPSA) is 27.0 Å². The highest BCUT2D eigenvalue weighted by Crippen LogP contribution is 2.37. The number of hydrogen-bond acceptors (Lipinski definition) is 3. The van der Waals surface area contributed by atoms with Crippen LogP contribution in [0.5, 0.6) is 0 Å². The SMILES string of the molecule is N#Cc1csc(Cl)c1N1CCCC1. The number of rotatable bonds is 1. The molecule has 2 nitrogen and oxygen atoms in total. The van der Waals surface area contributed by atoms with Crippen molar-refractivity contribution in [3.05, 3.63) is 15.3 Å². The van der Waals surface area contributed by atoms with E-state index in [1.54, 1.807) is 0 Å². The second-order valence-corrected chi connectivity index (χ2v) is 4.56. The van der Waals surface area contributed by atoms with Gasteiger partial charge in [0.1, 0.15) is 10.4 Å². The van der Waals surface area contributed by atoms with Gasteiger partial charge in [0.05, 0.1) is 11.3 Å². The Morgan fingerprint density at radius 1 is 1.46 bits per heavy atom. The van der Waals surface area contributed by atoms with E-state index in [2.05, 4.69) is 11.0 Å². The Morgan fingerprint density at radius 3 is 2.77 bits per heavy atom. The third-order valence-corrected chi connectivity index (χ3v) is 3.46. The van der Waals surface area contributed by atoms with Gasteiger partial charge >= 0.3 is 0 Å². The van der Waals surface area contributed by atoms with Crippen molar-refractivity contribution in [2.75, 3.05) is 18.0 Å². The maximum Gasteiger partial charge on any atom is 0.118 e. The fourth-order valence-electron chi connectivity index (χ4n) is 1.64. The molecule has 0 saturated carbocycles. The van der Waals surface area contributed by atoms with E-state index in [0.29, 0.717) is 0 Å². The summed E-state index contributed by atoms with van der Waals surface area (Å²) < 4.78 is 0.749. The monoisotopic (exact) mass is 212 g/mol. The van der Waals surface area contributed by atoms with Crippen molar-refractivity contribution in [2.45, 2.75) is 12.8 Å². The van der Waals surface area contributed by atoms with Crippen LogP contribution in [0, 0.1) is 11.3 Å². The Morgan fingerprint density at radius 2 is 2.15 bits per heavy atom. The van der Waals surface area contributed by atoms with Gasteiger partial charge in [-0.3, -0.25) is 0 Å². The molecule has 0 unspecified atom stereocenters. The van der Waals surface area contributed by atoms with Gasteiger partial charge in [0.15, 0.2) is 0 Å². The van der Waals surface area contributed by atoms with E-state index in [1.165, 1.54) is 24.2 Å². The average molecular weight is 213 g/mol. The summed E-state index contributed by atoms with van der Waals surface area (Å²) in [6.45, 7) is 2.07. The van der Waals surface area contributed by atoms with Crippen LogP contribution in [0.25, 0.3) is 0 Å². The maximum atomic E-state index is 8.86. The summed E-state index contributed by atoms with van der Waals surface area (Å²) in [7, 11) is 0. The number of halogens is 1. The zero-order valence-corrected chi connectivity index (χ0v) is 8.66. The lowest BCUT2D eigenvalue weighted by Crippen LogP contribution is -2.18. The molecule has 0 bridgehead atoms. The molecule has 0 aromatic carbocycles. The molecule has 1 saturated heterocycles. The molecule has 1 fully saturated rings. The summed E-state index contributed by atoms with van der Waals surface area (Å²) in [4.78, 5) is 2.21. The van der Waals surface area contributed by atoms with Gasteiger partial charge in [-0.15, -0.1) is 11.3 Å². The van der Waals surface area contributed by atoms with Crippen molar-refractivity contribution in [3.63, 3.8) is 0 Å². The molecule has 0 radical (unpaired) electrons. The maximum absolute atomic E-state index is 8.86. The molecule has 0 spiro atoms. The number of nitrogens with zero attached hydrogens (tertiary/aromatic N) is 2. The lowest BCUT2D eigenvalue weighted by molar-refractivity contribution is 0.949. The van der Waals surface area contributed by atoms with Crippen molar-refractivity contribution in [1.82, 2.24) is 0 Å². The first-order valence-electron chi connectivity index (χ1n) is 4.25. The quantitative estimate of drug-likeness (QED) is 0.716. The Hall–Kier alpha value is -0.720. The average Bonchev–Trinajstić information content (AvgIpc) is 2.72. The number of thiophene rings is 1. The molecule has 1 aromatic rings. The summed E-state index contributed by atoms with van der Waals surface area (Å²) in [5.74, 6) is 0. The van der Waals surface area contributed by atoms with E-state index in [4.69, 9.17) is 16.9 Å². The van der Waals surface area contributed by atoms with E-state index in [9.17, 15) is 0 Å². The van der Waals surface area contributed by atoms with Gasteiger partial charge in [-0.05, 0) is 12.8 Å². The molecule has 1 aromatic heterocycles. The molecular formula is C9H9ClN2S. The molecular weight excluding hydrogens is 204 g/mol. The van der Waals surface area contributed by atoms with E-state index >= 15 is 0 Å². The van der Waals surface area contributed by atoms with Crippen LogP contribution >= 0.6 is 22.9 Å². The zero-order valence-electron chi connectivity index (χ0n) is 7.09. The van der Waals surface area contributed by atoms with Gasteiger partial charge in [0, 0.05) is 18.5 Å². The highest BCUT2D eigenvalue weighted by molar-refractivity contribution is 7.15. The molecule has 1 aliphatic heterocycles. The summed E-state index contributed by atoms with van der Waals surface area (Å²) in [5, 5.41) is 10.7. The second-order valence-electron chi connectivity index (χ2n) is 3.08. The molecule has 0 N–H and O–H groups in total. The summed E-state index contributed by atoms with van der Waals surface area (Å²) in [6, 6.07) is 2.18. The van der Waals surface area contributed by atoms with Gasteiger partial charge in [-0.25, -0.2) is 0 Å². The van der Waals surface area contributed by atoms with Crippen LogP contribution in [0.2, 0.25) is 4.34 Å². The van der Waals surface area contributed by atoms with Crippen molar-refractivity contribution in [2.24, 2.45) is 0 Å². The third-order valence-electron chi connectivity index (χ3n) is 2.26. The van der Waals surface area contributed by atoms with Gasteiger partial charge < -0.3 is 4.90 Å². The van der Waals surface area contributed by atoms with Crippen molar-refractivity contribution < 1.29 is 0 Å². The highest BCUT2D eigenvalue weighted by atomic mass is 35.5. The lowest BCUT2D eigenvalue weighted by atomic mass is 10.3. The second kappa shape index (κ2) is 3.57. The summed E-state index contributed by atoms with van der Waals surface area (Å²) in [6.07, 6.45) is 2.41. The van der Waals surface area contributed by atoms with Crippen LogP contribution in [-0.2, 0) is 0 Å². The standard InChI is InChI=1S/C9H9ClN2S/c10-9-8(7(5-11)6-13-9)12-3-1-2-4-12/h6H,1-4H2. The van der Waals surface area contributed by atoms with Gasteiger partial charge in [0.25, 0.3) is 0 Å². The van der Waals surface area contributed by atoms with Crippen LogP contribution in [0.3, 0.4) is 0 Å². The van der Waals surface area contributed by atoms with E-state index in [-0.39, 0.29) is 0 Å². The first-order chi connectivity index (χ1) is 6.33. The molecule has 0 atom stereocenters. The minimum absolute atomic E-state index is 0.719. The number of anilines is 1. The van der Waals surface area contributed by atoms with Gasteiger partial charge in [-0.2, -0.15) is 5.26 Å². The van der Waals surface area contributed by atoms with Crippen molar-refractivity contribution in [1.29, 1.82) is 5.26 Å². The smallest absolute Gasteiger partial charge is 0.118 e. The van der Waals surface area contributed by atoms with Gasteiger partial charge in [0.2, 0.25) is 0 Å². The molecule has 0 aliphatic carbocycles. The Bertz CT molecular complexity index is 347. The van der Waals surface area contributed by atoms with E-state index in [1.807, 2.05) is 5.38 Å². The minimum Gasteiger partial charge on any atom is -0.369 e. The lowest BCUT2D eigenvalue weighted by Gasteiger charge is -2.16. The summed E-state index contributed by atoms with van der Waals surface area (Å²) >= 11 is 7.47. The molecule has 13 heavy (non-hydrogen) atoms. The number of hydrogen-bond donors (Lipinski definition) is 0. The fraction of sp³-hybridized carbons (Fsp3) is 0.444. The van der Waals surface area contributed by atoms with Crippen molar-refractivity contribution in [3.8, 4) is 6.07 Å². The minimum atomic E-state index is 0.719. The molecule has 2 heterocycles. The van der Waals surface area contributed by atoms with Crippen LogP contribution in [0.4, 0.5) is 5.69 Å². The molecule has 2 rings (SSSR count). The Balaban J connectivity index is 2.37. The van der Waals surface area contributed by atoms with E-state index < -0.39 is 0 Å². The first kappa shape index (κ1) is 8.86. The van der Waals surface area contributed by atoms with E-state index in [0.717, 1.165) is 28.7 Å². The van der Waals surface area contributed by atoms with Crippen molar-refractivity contribution >= 4 is 28.6 Å². The van der Waals surface area contributed by atoms with Crippen LogP contribution in [0.1, 0.15) is 18.4 Å². The number of nitriles is 1. The van der Waals surface area contributed by atoms with Crippen LogP contribution in [0.15, 0.2) is 5.38 Å². The Labute approximate surface area is 86.3 Å². The first-order valence-corrected chi connectivity index (χ1v) is 5.50. The normalized spacial score (nSPS) is 16.2. The predicted molar refractivity (Wildman–Crippen MR) is 55.5 cm³/mol. The van der Waals surface area contributed by atoms with Crippen LogP contribution < -0.4 is 4.90 Å². The zero-order chi connectivity index (χ0) is 9.26. The molecule has 1 aliphatic rings. The molecule has 4 heteroatoms. The largest absolute Gasteiger partial charge is 0.369 e. The van der Waals surface area contributed by atoms with Crippen LogP contribution in [-0.4, -0.2) is 13.1 Å². The fourth-order valence-corrected chi connectivity index (χ4v) is 2.73. The molecule has 0 amide bonds. The highest BCUT2D eigenvalue weighted by Gasteiger charge is 2.19. The van der Waals surface area contributed by atoms with Gasteiger partial charge in [-0.1, -0.05) is 11.6 Å². The predicted octanol–water partition coefficient (Wildman–Crippen LogP) is 2.87. The summed E-state index contributed by atoms with van der Waals surface area (Å²) in [5.41, 5.74) is 1.67.